The van der Waals surface area contributed by atoms with Crippen LogP contribution in [-0.2, 0) is 6.42 Å². The van der Waals surface area contributed by atoms with Crippen molar-refractivity contribution < 1.29 is 0 Å². The highest BCUT2D eigenvalue weighted by atomic mass is 35.5. The van der Waals surface area contributed by atoms with E-state index < -0.39 is 0 Å². The number of halogens is 1. The van der Waals surface area contributed by atoms with Gasteiger partial charge in [-0.25, -0.2) is 4.98 Å². The Kier molecular flexibility index (Phi) is 3.87. The van der Waals surface area contributed by atoms with Crippen molar-refractivity contribution in [3.63, 3.8) is 0 Å². The number of rotatable bonds is 5. The van der Waals surface area contributed by atoms with Gasteiger partial charge in [-0.1, -0.05) is 17.7 Å². The van der Waals surface area contributed by atoms with Crippen molar-refractivity contribution in [2.75, 3.05) is 6.54 Å². The van der Waals surface area contributed by atoms with Crippen LogP contribution in [-0.4, -0.2) is 17.6 Å². The summed E-state index contributed by atoms with van der Waals surface area (Å²) in [6.07, 6.45) is 3.70. The first-order chi connectivity index (χ1) is 9.22. The third kappa shape index (κ3) is 3.35. The number of aryl methyl sites for hydroxylation is 1. The summed E-state index contributed by atoms with van der Waals surface area (Å²) < 4.78 is 0. The highest BCUT2D eigenvalue weighted by Crippen LogP contribution is 2.26. The molecule has 2 aromatic rings. The monoisotopic (exact) mass is 292 g/mol. The maximum atomic E-state index is 6.05. The molecule has 1 heterocycles. The van der Waals surface area contributed by atoms with Gasteiger partial charge in [0, 0.05) is 35.0 Å². The summed E-state index contributed by atoms with van der Waals surface area (Å²) in [6.45, 7) is 3.07. The van der Waals surface area contributed by atoms with Gasteiger partial charge in [-0.2, -0.15) is 0 Å². The summed E-state index contributed by atoms with van der Waals surface area (Å²) in [4.78, 5) is 4.70. The Morgan fingerprint density at radius 1 is 1.42 bits per heavy atom. The lowest BCUT2D eigenvalue weighted by atomic mass is 10.1. The van der Waals surface area contributed by atoms with Crippen molar-refractivity contribution in [1.82, 2.24) is 10.3 Å². The topological polar surface area (TPSA) is 24.9 Å². The van der Waals surface area contributed by atoms with Gasteiger partial charge < -0.3 is 5.32 Å². The van der Waals surface area contributed by atoms with Crippen molar-refractivity contribution in [1.29, 1.82) is 0 Å². The van der Waals surface area contributed by atoms with E-state index in [0.29, 0.717) is 0 Å². The van der Waals surface area contributed by atoms with Crippen LogP contribution in [0.3, 0.4) is 0 Å². The third-order valence-electron chi connectivity index (χ3n) is 3.35. The molecule has 0 unspecified atom stereocenters. The van der Waals surface area contributed by atoms with Crippen LogP contribution in [0.5, 0.6) is 0 Å². The third-order valence-corrected chi connectivity index (χ3v) is 4.69. The molecule has 1 aromatic heterocycles. The van der Waals surface area contributed by atoms with Crippen molar-refractivity contribution in [2.24, 2.45) is 0 Å². The van der Waals surface area contributed by atoms with Gasteiger partial charge >= 0.3 is 0 Å². The number of nitrogens with one attached hydrogen (secondary N) is 1. The Bertz CT molecular complexity index is 575. The van der Waals surface area contributed by atoms with E-state index in [4.69, 9.17) is 16.6 Å². The van der Waals surface area contributed by atoms with Crippen LogP contribution in [0.1, 0.15) is 23.4 Å². The molecule has 1 aromatic carbocycles. The molecule has 4 heteroatoms. The van der Waals surface area contributed by atoms with E-state index in [0.717, 1.165) is 40.9 Å². The van der Waals surface area contributed by atoms with Gasteiger partial charge in [-0.05, 0) is 37.5 Å². The lowest BCUT2D eigenvalue weighted by Crippen LogP contribution is -2.19. The predicted octanol–water partition coefficient (Wildman–Crippen LogP) is 4.07. The van der Waals surface area contributed by atoms with E-state index in [1.54, 1.807) is 11.3 Å². The first kappa shape index (κ1) is 13.1. The molecule has 0 bridgehead atoms. The lowest BCUT2D eigenvalue weighted by molar-refractivity contribution is 0.680. The zero-order chi connectivity index (χ0) is 13.2. The lowest BCUT2D eigenvalue weighted by Gasteiger charge is -2.01. The smallest absolute Gasteiger partial charge is 0.0945 e. The maximum Gasteiger partial charge on any atom is 0.0945 e. The molecule has 19 heavy (non-hydrogen) atoms. The minimum atomic E-state index is 0.776. The molecule has 1 aliphatic rings. The van der Waals surface area contributed by atoms with E-state index in [1.165, 1.54) is 17.8 Å². The first-order valence-corrected chi connectivity index (χ1v) is 7.92. The van der Waals surface area contributed by atoms with Crippen LogP contribution in [0.15, 0.2) is 23.6 Å². The van der Waals surface area contributed by atoms with E-state index >= 15 is 0 Å². The minimum absolute atomic E-state index is 0.776. The summed E-state index contributed by atoms with van der Waals surface area (Å²) in [7, 11) is 0. The Labute approximate surface area is 122 Å². The first-order valence-electron chi connectivity index (χ1n) is 6.67. The molecular weight excluding hydrogens is 276 g/mol. The second-order valence-corrected chi connectivity index (χ2v) is 6.42. The van der Waals surface area contributed by atoms with E-state index in [9.17, 15) is 0 Å². The van der Waals surface area contributed by atoms with Gasteiger partial charge in [0.05, 0.1) is 10.7 Å². The molecule has 1 N–H and O–H groups in total. The average molecular weight is 293 g/mol. The molecule has 0 atom stereocenters. The van der Waals surface area contributed by atoms with Crippen molar-refractivity contribution in [2.45, 2.75) is 32.2 Å². The van der Waals surface area contributed by atoms with Gasteiger partial charge in [-0.3, -0.25) is 0 Å². The normalized spacial score (nSPS) is 14.8. The Hall–Kier alpha value is -0.900. The number of hydrogen-bond acceptors (Lipinski definition) is 3. The van der Waals surface area contributed by atoms with E-state index in [2.05, 4.69) is 16.8 Å². The molecule has 0 amide bonds. The largest absolute Gasteiger partial charge is 0.314 e. The Morgan fingerprint density at radius 3 is 3.00 bits per heavy atom. The summed E-state index contributed by atoms with van der Waals surface area (Å²) in [5.74, 6) is 0. The van der Waals surface area contributed by atoms with Crippen LogP contribution in [0.2, 0.25) is 5.02 Å². The van der Waals surface area contributed by atoms with E-state index in [-0.39, 0.29) is 0 Å². The standard InChI is InChI=1S/C15H17ClN2S/c1-10-8-11(2-5-13(10)16)14-9-19-15(18-14)6-7-17-12-3-4-12/h2,5,8-9,12,17H,3-4,6-7H2,1H3. The molecule has 2 nitrogen and oxygen atoms in total. The van der Waals surface area contributed by atoms with Gasteiger partial charge in [0.2, 0.25) is 0 Å². The SMILES string of the molecule is Cc1cc(-c2csc(CCNC3CC3)n2)ccc1Cl. The average Bonchev–Trinajstić information content (AvgIpc) is 3.10. The molecule has 1 fully saturated rings. The Morgan fingerprint density at radius 2 is 2.26 bits per heavy atom. The fourth-order valence-electron chi connectivity index (χ4n) is 2.03. The molecule has 0 saturated heterocycles. The summed E-state index contributed by atoms with van der Waals surface area (Å²) in [5.41, 5.74) is 3.31. The Balaban J connectivity index is 1.67. The molecule has 0 radical (unpaired) electrons. The predicted molar refractivity (Wildman–Crippen MR) is 82.0 cm³/mol. The van der Waals surface area contributed by atoms with E-state index in [1.807, 2.05) is 19.1 Å². The molecule has 1 saturated carbocycles. The second-order valence-electron chi connectivity index (χ2n) is 5.07. The molecule has 100 valence electrons. The number of aromatic nitrogens is 1. The van der Waals surface area contributed by atoms with Crippen LogP contribution >= 0.6 is 22.9 Å². The van der Waals surface area contributed by atoms with Crippen molar-refractivity contribution >= 4 is 22.9 Å². The van der Waals surface area contributed by atoms with Gasteiger partial charge in [-0.15, -0.1) is 11.3 Å². The van der Waals surface area contributed by atoms with Crippen LogP contribution < -0.4 is 5.32 Å². The summed E-state index contributed by atoms with van der Waals surface area (Å²) >= 11 is 7.79. The second kappa shape index (κ2) is 5.61. The summed E-state index contributed by atoms with van der Waals surface area (Å²) in [5, 5.41) is 7.67. The van der Waals surface area contributed by atoms with Gasteiger partial charge in [0.25, 0.3) is 0 Å². The van der Waals surface area contributed by atoms with Crippen LogP contribution in [0.25, 0.3) is 11.3 Å². The molecular formula is C15H17ClN2S. The van der Waals surface area contributed by atoms with Crippen molar-refractivity contribution in [3.05, 3.63) is 39.2 Å². The molecule has 3 rings (SSSR count). The fourth-order valence-corrected chi connectivity index (χ4v) is 2.96. The zero-order valence-electron chi connectivity index (χ0n) is 10.9. The van der Waals surface area contributed by atoms with Gasteiger partial charge in [0.15, 0.2) is 0 Å². The summed E-state index contributed by atoms with van der Waals surface area (Å²) in [6, 6.07) is 6.86. The van der Waals surface area contributed by atoms with Gasteiger partial charge in [0.1, 0.15) is 0 Å². The molecule has 0 spiro atoms. The highest BCUT2D eigenvalue weighted by molar-refractivity contribution is 7.09. The number of benzene rings is 1. The quantitative estimate of drug-likeness (QED) is 0.899. The van der Waals surface area contributed by atoms with Crippen LogP contribution in [0.4, 0.5) is 0 Å². The highest BCUT2D eigenvalue weighted by Gasteiger charge is 2.19. The van der Waals surface area contributed by atoms with Crippen molar-refractivity contribution in [3.8, 4) is 11.3 Å². The number of nitrogens with zero attached hydrogens (tertiary/aromatic N) is 1. The minimum Gasteiger partial charge on any atom is -0.314 e. The number of thiazole rings is 1. The number of hydrogen-bond donors (Lipinski definition) is 1. The molecule has 0 aliphatic heterocycles. The molecule has 1 aliphatic carbocycles. The maximum absolute atomic E-state index is 6.05. The fraction of sp³-hybridized carbons (Fsp3) is 0.400. The zero-order valence-corrected chi connectivity index (χ0v) is 12.5. The van der Waals surface area contributed by atoms with Crippen LogP contribution in [0, 0.1) is 6.92 Å².